The Labute approximate surface area is 493 Å². The predicted octanol–water partition coefficient (Wildman–Crippen LogP) is 22.4. The molecule has 14 aromatic carbocycles. The van der Waals surface area contributed by atoms with Crippen molar-refractivity contribution in [1.82, 2.24) is 0 Å². The highest BCUT2D eigenvalue weighted by Gasteiger charge is 2.17. The lowest BCUT2D eigenvalue weighted by molar-refractivity contribution is 1.20. The van der Waals surface area contributed by atoms with Gasteiger partial charge in [-0.15, -0.1) is 0 Å². The number of rotatable bonds is 12. The van der Waals surface area contributed by atoms with Gasteiger partial charge in [-0.05, 0) is 206 Å². The van der Waals surface area contributed by atoms with Crippen LogP contribution in [0.5, 0.6) is 0 Å². The zero-order valence-electron chi connectivity index (χ0n) is 47.8. The van der Waals surface area contributed by atoms with E-state index >= 15 is 0 Å². The number of hydrogen-bond donors (Lipinski definition) is 0. The van der Waals surface area contributed by atoms with E-state index in [1.165, 1.54) is 93.5 Å². The summed E-state index contributed by atoms with van der Waals surface area (Å²) in [5.41, 5.74) is 18.8. The number of benzene rings is 14. The summed E-state index contributed by atoms with van der Waals surface area (Å²) in [4.78, 5) is 9.15. The summed E-state index contributed by atoms with van der Waals surface area (Å²) >= 11 is 0. The predicted molar refractivity (Wildman–Crippen MR) is 362 cm³/mol. The van der Waals surface area contributed by atoms with Crippen LogP contribution in [0, 0.1) is 13.8 Å². The van der Waals surface area contributed by atoms with Gasteiger partial charge in [-0.2, -0.15) is 0 Å². The van der Waals surface area contributed by atoms with E-state index in [2.05, 4.69) is 363 Å². The molecule has 404 valence electrons. The van der Waals surface area contributed by atoms with Gasteiger partial charge in [0.1, 0.15) is 0 Å². The second-order valence-electron chi connectivity index (χ2n) is 21.8. The molecule has 4 nitrogen and oxygen atoms in total. The highest BCUT2D eigenvalue weighted by Crippen LogP contribution is 2.41. The lowest BCUT2D eigenvalue weighted by Crippen LogP contribution is -2.10. The van der Waals surface area contributed by atoms with Crippen LogP contribution in [0.1, 0.15) is 11.1 Å². The Hall–Kier alpha value is -10.7. The molecule has 0 radical (unpaired) electrons. The Balaban J connectivity index is 0.000000157. The van der Waals surface area contributed by atoms with Crippen molar-refractivity contribution in [1.29, 1.82) is 0 Å². The van der Waals surface area contributed by atoms with Gasteiger partial charge < -0.3 is 19.6 Å². The van der Waals surface area contributed by atoms with Gasteiger partial charge in [-0.1, -0.05) is 200 Å². The third-order valence-corrected chi connectivity index (χ3v) is 16.2. The quantitative estimate of drug-likeness (QED) is 0.121. The molecule has 0 spiro atoms. The molecule has 0 amide bonds. The monoisotopic (exact) mass is 1080 g/mol. The van der Waals surface area contributed by atoms with Crippen molar-refractivity contribution >= 4 is 100.0 Å². The van der Waals surface area contributed by atoms with Gasteiger partial charge in [-0.25, -0.2) is 0 Å². The first-order chi connectivity index (χ1) is 41.2. The van der Waals surface area contributed by atoms with Crippen LogP contribution in [0.3, 0.4) is 0 Å². The summed E-state index contributed by atoms with van der Waals surface area (Å²) in [6.45, 7) is 4.25. The van der Waals surface area contributed by atoms with E-state index in [1.54, 1.807) is 0 Å². The summed E-state index contributed by atoms with van der Waals surface area (Å²) in [7, 11) is 4.23. The maximum absolute atomic E-state index is 2.35. The lowest BCUT2D eigenvalue weighted by Gasteiger charge is -2.26. The van der Waals surface area contributed by atoms with Crippen molar-refractivity contribution in [3.63, 3.8) is 0 Å². The maximum atomic E-state index is 2.35. The Morgan fingerprint density at radius 3 is 0.750 bits per heavy atom. The van der Waals surface area contributed by atoms with Crippen LogP contribution in [-0.2, 0) is 0 Å². The Kier molecular flexibility index (Phi) is 14.7. The number of anilines is 10. The first kappa shape index (κ1) is 52.7. The van der Waals surface area contributed by atoms with Crippen molar-refractivity contribution in [3.05, 3.63) is 327 Å². The molecule has 0 aliphatic rings. The van der Waals surface area contributed by atoms with Crippen molar-refractivity contribution in [2.24, 2.45) is 0 Å². The van der Waals surface area contributed by atoms with Crippen LogP contribution in [0.4, 0.5) is 56.9 Å². The number of hydrogen-bond acceptors (Lipinski definition) is 4. The van der Waals surface area contributed by atoms with Gasteiger partial charge in [0.05, 0.1) is 0 Å². The fourth-order valence-electron chi connectivity index (χ4n) is 11.4. The van der Waals surface area contributed by atoms with Crippen molar-refractivity contribution in [3.8, 4) is 22.3 Å². The second-order valence-corrected chi connectivity index (χ2v) is 21.8. The first-order valence-electron chi connectivity index (χ1n) is 28.8. The van der Waals surface area contributed by atoms with Crippen molar-refractivity contribution < 1.29 is 0 Å². The Morgan fingerprint density at radius 2 is 0.440 bits per heavy atom. The second kappa shape index (κ2) is 23.4. The number of nitrogens with zero attached hydrogens (tertiary/aromatic N) is 4. The zero-order chi connectivity index (χ0) is 56.9. The molecule has 0 bridgehead atoms. The first-order valence-corrected chi connectivity index (χ1v) is 28.8. The number of fused-ring (bicyclic) bond motifs is 4. The fourth-order valence-corrected chi connectivity index (χ4v) is 11.4. The van der Waals surface area contributed by atoms with Gasteiger partial charge in [0.15, 0.2) is 0 Å². The highest BCUT2D eigenvalue weighted by molar-refractivity contribution is 5.95. The highest BCUT2D eigenvalue weighted by atomic mass is 15.1. The Bertz CT molecular complexity index is 4430. The van der Waals surface area contributed by atoms with Crippen LogP contribution < -0.4 is 19.6 Å². The van der Waals surface area contributed by atoms with Gasteiger partial charge >= 0.3 is 0 Å². The van der Waals surface area contributed by atoms with Crippen molar-refractivity contribution in [2.45, 2.75) is 13.8 Å². The molecule has 0 aliphatic heterocycles. The van der Waals surface area contributed by atoms with Gasteiger partial charge in [0.2, 0.25) is 0 Å². The maximum Gasteiger partial charge on any atom is 0.0468 e. The summed E-state index contributed by atoms with van der Waals surface area (Å²) in [5, 5.41) is 9.89. The standard InChI is InChI=1S/2C40H32N2/c1-29-8-7-13-38(26-29)41(2)36-20-14-32(15-21-36)33-16-22-37(23-17-33)42(39-24-18-30-9-3-5-11-34(30)27-39)40-25-19-31-10-4-6-12-35(31)28-40;1-29-11-19-36(20-12-29)41(2)37-21-13-32(14-22-37)33-15-23-38(24-16-33)42(39-25-17-30-7-3-5-9-34(30)27-39)40-26-18-31-8-4-6-10-35(31)28-40/h2*3-28H,1-2H3. The Morgan fingerprint density at radius 1 is 0.179 bits per heavy atom. The van der Waals surface area contributed by atoms with Crippen molar-refractivity contribution in [2.75, 3.05) is 33.7 Å². The molecule has 84 heavy (non-hydrogen) atoms. The normalized spacial score (nSPS) is 11.1. The van der Waals surface area contributed by atoms with Crippen LogP contribution in [0.25, 0.3) is 65.3 Å². The molecule has 14 aromatic rings. The van der Waals surface area contributed by atoms with Crippen LogP contribution in [0.15, 0.2) is 315 Å². The molecular formula is C80H64N4. The molecule has 0 fully saturated rings. The molecule has 0 saturated carbocycles. The molecular weight excluding hydrogens is 1020 g/mol. The SMILES string of the molecule is Cc1ccc(N(C)c2ccc(-c3ccc(N(c4ccc5ccccc5c4)c4ccc5ccccc5c4)cc3)cc2)cc1.Cc1cccc(N(C)c2ccc(-c3ccc(N(c4ccc5ccccc5c4)c4ccc5ccccc5c4)cc3)cc2)c1. The van der Waals surface area contributed by atoms with E-state index < -0.39 is 0 Å². The minimum atomic E-state index is 1.13. The van der Waals surface area contributed by atoms with E-state index in [0.717, 1.165) is 39.8 Å². The minimum absolute atomic E-state index is 1.13. The summed E-state index contributed by atoms with van der Waals surface area (Å²) in [5.74, 6) is 0. The summed E-state index contributed by atoms with van der Waals surface area (Å²) < 4.78 is 0. The van der Waals surface area contributed by atoms with E-state index in [0.29, 0.717) is 0 Å². The largest absolute Gasteiger partial charge is 0.345 e. The van der Waals surface area contributed by atoms with Crippen LogP contribution >= 0.6 is 0 Å². The van der Waals surface area contributed by atoms with E-state index in [9.17, 15) is 0 Å². The molecule has 0 N–H and O–H groups in total. The molecule has 0 unspecified atom stereocenters. The van der Waals surface area contributed by atoms with E-state index in [1.807, 2.05) is 0 Å². The molecule has 14 rings (SSSR count). The minimum Gasteiger partial charge on any atom is -0.345 e. The van der Waals surface area contributed by atoms with Gasteiger partial charge in [0, 0.05) is 71.0 Å². The molecule has 0 aromatic heterocycles. The van der Waals surface area contributed by atoms with E-state index in [-0.39, 0.29) is 0 Å². The fraction of sp³-hybridized carbons (Fsp3) is 0.0500. The third kappa shape index (κ3) is 11.2. The van der Waals surface area contributed by atoms with Gasteiger partial charge in [-0.3, -0.25) is 0 Å². The average Bonchev–Trinajstić information content (AvgIpc) is 3.60. The number of aryl methyl sites for hydroxylation is 2. The molecule has 0 heterocycles. The third-order valence-electron chi connectivity index (χ3n) is 16.2. The smallest absolute Gasteiger partial charge is 0.0468 e. The topological polar surface area (TPSA) is 13.0 Å². The van der Waals surface area contributed by atoms with E-state index in [4.69, 9.17) is 0 Å². The van der Waals surface area contributed by atoms with Crippen LogP contribution in [-0.4, -0.2) is 14.1 Å². The zero-order valence-corrected chi connectivity index (χ0v) is 47.8. The molecule has 0 saturated heterocycles. The molecule has 0 aliphatic carbocycles. The average molecular weight is 1080 g/mol. The molecule has 0 atom stereocenters. The van der Waals surface area contributed by atoms with Gasteiger partial charge in [0.25, 0.3) is 0 Å². The summed E-state index contributed by atoms with van der Waals surface area (Å²) in [6, 6.07) is 114. The lowest BCUT2D eigenvalue weighted by atomic mass is 10.0. The summed E-state index contributed by atoms with van der Waals surface area (Å²) in [6.07, 6.45) is 0. The molecule has 4 heteroatoms. The van der Waals surface area contributed by atoms with Crippen LogP contribution in [0.2, 0.25) is 0 Å².